The van der Waals surface area contributed by atoms with Gasteiger partial charge in [-0.1, -0.05) is 6.92 Å². The van der Waals surface area contributed by atoms with Gasteiger partial charge in [0.05, 0.1) is 18.3 Å². The van der Waals surface area contributed by atoms with Gasteiger partial charge in [0, 0.05) is 6.20 Å². The molecule has 1 unspecified atom stereocenters. The van der Waals surface area contributed by atoms with Crippen LogP contribution in [-0.2, 0) is 6.54 Å². The first-order chi connectivity index (χ1) is 6.26. The summed E-state index contributed by atoms with van der Waals surface area (Å²) in [5, 5.41) is 16.0. The van der Waals surface area contributed by atoms with Crippen LogP contribution in [0, 0.1) is 18.3 Å². The standard InChI is InChI=1S/C9H14N4/c1-3-11-9(6-10)7-13-5-4-8(2)12-13/h4-5,9,11H,3,7H2,1-2H3. The van der Waals surface area contributed by atoms with E-state index in [0.29, 0.717) is 6.54 Å². The van der Waals surface area contributed by atoms with Gasteiger partial charge in [0.1, 0.15) is 6.04 Å². The summed E-state index contributed by atoms with van der Waals surface area (Å²) in [4.78, 5) is 0. The van der Waals surface area contributed by atoms with Crippen molar-refractivity contribution in [3.63, 3.8) is 0 Å². The van der Waals surface area contributed by atoms with Crippen LogP contribution in [0.3, 0.4) is 0 Å². The molecule has 0 saturated heterocycles. The Hall–Kier alpha value is -1.34. The molecular weight excluding hydrogens is 164 g/mol. The summed E-state index contributed by atoms with van der Waals surface area (Å²) in [6.07, 6.45) is 1.89. The summed E-state index contributed by atoms with van der Waals surface area (Å²) in [5.41, 5.74) is 0.980. The van der Waals surface area contributed by atoms with E-state index in [4.69, 9.17) is 5.26 Å². The average molecular weight is 178 g/mol. The Bertz CT molecular complexity index is 297. The van der Waals surface area contributed by atoms with Crippen molar-refractivity contribution in [1.29, 1.82) is 5.26 Å². The minimum atomic E-state index is -0.149. The lowest BCUT2D eigenvalue weighted by molar-refractivity contribution is 0.499. The number of hydrogen-bond donors (Lipinski definition) is 1. The van der Waals surface area contributed by atoms with Crippen LogP contribution in [0.2, 0.25) is 0 Å². The number of nitrogens with zero attached hydrogens (tertiary/aromatic N) is 3. The van der Waals surface area contributed by atoms with Gasteiger partial charge in [0.15, 0.2) is 0 Å². The molecule has 1 aromatic heterocycles. The predicted octanol–water partition coefficient (Wildman–Crippen LogP) is 0.693. The number of nitrogens with one attached hydrogen (secondary N) is 1. The molecule has 4 heteroatoms. The highest BCUT2D eigenvalue weighted by atomic mass is 15.3. The van der Waals surface area contributed by atoms with E-state index in [1.54, 1.807) is 4.68 Å². The first-order valence-corrected chi connectivity index (χ1v) is 4.39. The van der Waals surface area contributed by atoms with Crippen molar-refractivity contribution in [2.24, 2.45) is 0 Å². The van der Waals surface area contributed by atoms with E-state index >= 15 is 0 Å². The molecule has 70 valence electrons. The second-order valence-corrected chi connectivity index (χ2v) is 2.92. The van der Waals surface area contributed by atoms with E-state index in [-0.39, 0.29) is 6.04 Å². The Kier molecular flexibility index (Phi) is 3.47. The first kappa shape index (κ1) is 9.75. The van der Waals surface area contributed by atoms with Crippen LogP contribution < -0.4 is 5.32 Å². The van der Waals surface area contributed by atoms with Gasteiger partial charge < -0.3 is 5.32 Å². The van der Waals surface area contributed by atoms with E-state index in [0.717, 1.165) is 12.2 Å². The van der Waals surface area contributed by atoms with Gasteiger partial charge in [-0.3, -0.25) is 4.68 Å². The molecule has 0 bridgehead atoms. The normalized spacial score (nSPS) is 12.4. The van der Waals surface area contributed by atoms with Crippen molar-refractivity contribution >= 4 is 0 Å². The molecule has 4 nitrogen and oxygen atoms in total. The summed E-state index contributed by atoms with van der Waals surface area (Å²) < 4.78 is 1.78. The smallest absolute Gasteiger partial charge is 0.115 e. The Morgan fingerprint density at radius 3 is 3.00 bits per heavy atom. The van der Waals surface area contributed by atoms with E-state index < -0.39 is 0 Å². The average Bonchev–Trinajstić information content (AvgIpc) is 2.50. The van der Waals surface area contributed by atoms with Gasteiger partial charge in [-0.25, -0.2) is 0 Å². The summed E-state index contributed by atoms with van der Waals surface area (Å²) in [7, 11) is 0. The Balaban J connectivity index is 2.52. The van der Waals surface area contributed by atoms with Crippen molar-refractivity contribution in [2.75, 3.05) is 6.54 Å². The maximum absolute atomic E-state index is 8.77. The zero-order valence-corrected chi connectivity index (χ0v) is 7.99. The fourth-order valence-electron chi connectivity index (χ4n) is 1.15. The lowest BCUT2D eigenvalue weighted by Crippen LogP contribution is -2.31. The second-order valence-electron chi connectivity index (χ2n) is 2.92. The zero-order chi connectivity index (χ0) is 9.68. The quantitative estimate of drug-likeness (QED) is 0.738. The predicted molar refractivity (Wildman–Crippen MR) is 50.0 cm³/mol. The zero-order valence-electron chi connectivity index (χ0n) is 7.99. The summed E-state index contributed by atoms with van der Waals surface area (Å²) in [6, 6.07) is 3.97. The molecule has 0 fully saturated rings. The Labute approximate surface area is 78.2 Å². The molecule has 0 aliphatic rings. The molecule has 0 aliphatic heterocycles. The molecule has 0 radical (unpaired) electrons. The third kappa shape index (κ3) is 2.88. The maximum Gasteiger partial charge on any atom is 0.115 e. The first-order valence-electron chi connectivity index (χ1n) is 4.39. The van der Waals surface area contributed by atoms with Gasteiger partial charge >= 0.3 is 0 Å². The molecule has 0 amide bonds. The van der Waals surface area contributed by atoms with E-state index in [1.807, 2.05) is 26.1 Å². The Morgan fingerprint density at radius 1 is 1.77 bits per heavy atom. The van der Waals surface area contributed by atoms with Crippen LogP contribution in [0.4, 0.5) is 0 Å². The van der Waals surface area contributed by atoms with Crippen LogP contribution in [0.25, 0.3) is 0 Å². The lowest BCUT2D eigenvalue weighted by Gasteiger charge is -2.08. The highest BCUT2D eigenvalue weighted by Crippen LogP contribution is 1.94. The molecule has 0 spiro atoms. The van der Waals surface area contributed by atoms with Crippen molar-refractivity contribution in [3.05, 3.63) is 18.0 Å². The molecule has 0 saturated carbocycles. The van der Waals surface area contributed by atoms with E-state index in [2.05, 4.69) is 16.5 Å². The summed E-state index contributed by atoms with van der Waals surface area (Å²) in [5.74, 6) is 0. The lowest BCUT2D eigenvalue weighted by atomic mass is 10.3. The molecule has 1 heterocycles. The number of aryl methyl sites for hydroxylation is 1. The van der Waals surface area contributed by atoms with Crippen LogP contribution in [-0.4, -0.2) is 22.4 Å². The van der Waals surface area contributed by atoms with E-state index in [1.165, 1.54) is 0 Å². The van der Waals surface area contributed by atoms with Crippen LogP contribution in [0.5, 0.6) is 0 Å². The topological polar surface area (TPSA) is 53.6 Å². The minimum absolute atomic E-state index is 0.149. The van der Waals surface area contributed by atoms with Crippen LogP contribution >= 0.6 is 0 Å². The highest BCUT2D eigenvalue weighted by Gasteiger charge is 2.05. The van der Waals surface area contributed by atoms with Crippen molar-refractivity contribution in [1.82, 2.24) is 15.1 Å². The number of aromatic nitrogens is 2. The maximum atomic E-state index is 8.77. The fourth-order valence-corrected chi connectivity index (χ4v) is 1.15. The number of nitriles is 1. The van der Waals surface area contributed by atoms with Crippen LogP contribution in [0.15, 0.2) is 12.3 Å². The molecule has 1 atom stereocenters. The second kappa shape index (κ2) is 4.63. The van der Waals surface area contributed by atoms with Crippen molar-refractivity contribution < 1.29 is 0 Å². The molecule has 0 aliphatic carbocycles. The fraction of sp³-hybridized carbons (Fsp3) is 0.556. The molecule has 1 rings (SSSR count). The van der Waals surface area contributed by atoms with Crippen molar-refractivity contribution in [3.8, 4) is 6.07 Å². The molecule has 1 N–H and O–H groups in total. The summed E-state index contributed by atoms with van der Waals surface area (Å²) in [6.45, 7) is 5.33. The van der Waals surface area contributed by atoms with Gasteiger partial charge in [-0.15, -0.1) is 0 Å². The van der Waals surface area contributed by atoms with Crippen molar-refractivity contribution in [2.45, 2.75) is 26.4 Å². The van der Waals surface area contributed by atoms with E-state index in [9.17, 15) is 0 Å². The van der Waals surface area contributed by atoms with Gasteiger partial charge in [0.2, 0.25) is 0 Å². The molecule has 1 aromatic rings. The number of likely N-dealkylation sites (N-methyl/N-ethyl adjacent to an activating group) is 1. The number of rotatable bonds is 4. The molecular formula is C9H14N4. The van der Waals surface area contributed by atoms with Gasteiger partial charge in [-0.05, 0) is 19.5 Å². The largest absolute Gasteiger partial charge is 0.301 e. The third-order valence-corrected chi connectivity index (χ3v) is 1.75. The highest BCUT2D eigenvalue weighted by molar-refractivity contribution is 4.97. The monoisotopic (exact) mass is 178 g/mol. The third-order valence-electron chi connectivity index (χ3n) is 1.75. The summed E-state index contributed by atoms with van der Waals surface area (Å²) >= 11 is 0. The van der Waals surface area contributed by atoms with Crippen LogP contribution in [0.1, 0.15) is 12.6 Å². The minimum Gasteiger partial charge on any atom is -0.301 e. The number of hydrogen-bond acceptors (Lipinski definition) is 3. The Morgan fingerprint density at radius 2 is 2.54 bits per heavy atom. The van der Waals surface area contributed by atoms with Gasteiger partial charge in [0.25, 0.3) is 0 Å². The molecule has 13 heavy (non-hydrogen) atoms. The molecule has 0 aromatic carbocycles. The van der Waals surface area contributed by atoms with Gasteiger partial charge in [-0.2, -0.15) is 10.4 Å². The SMILES string of the molecule is CCNC(C#N)Cn1ccc(C)n1.